The Morgan fingerprint density at radius 1 is 1.39 bits per heavy atom. The van der Waals surface area contributed by atoms with Gasteiger partial charge >= 0.3 is 0 Å². The maximum atomic E-state index is 4.83. The number of nitrogens with zero attached hydrogens (tertiary/aromatic N) is 4. The summed E-state index contributed by atoms with van der Waals surface area (Å²) in [4.78, 5) is 7.30. The zero-order valence-corrected chi connectivity index (χ0v) is 16.8. The lowest BCUT2D eigenvalue weighted by molar-refractivity contribution is 0.151. The van der Waals surface area contributed by atoms with Crippen LogP contribution in [0.1, 0.15) is 44.6 Å². The Bertz CT molecular complexity index is 521. The molecule has 2 heterocycles. The van der Waals surface area contributed by atoms with E-state index in [1.165, 1.54) is 44.3 Å². The first-order valence-corrected chi connectivity index (χ1v) is 8.73. The van der Waals surface area contributed by atoms with E-state index in [9.17, 15) is 0 Å². The van der Waals surface area contributed by atoms with Crippen molar-refractivity contribution in [2.75, 3.05) is 26.2 Å². The number of likely N-dealkylation sites (tertiary alicyclic amines) is 1. The van der Waals surface area contributed by atoms with Crippen LogP contribution in [0.3, 0.4) is 0 Å². The van der Waals surface area contributed by atoms with Crippen molar-refractivity contribution in [1.82, 2.24) is 20.0 Å². The van der Waals surface area contributed by atoms with Gasteiger partial charge in [-0.05, 0) is 50.5 Å². The van der Waals surface area contributed by atoms with Crippen molar-refractivity contribution in [3.8, 4) is 0 Å². The molecule has 1 aliphatic carbocycles. The second-order valence-electron chi connectivity index (χ2n) is 6.90. The lowest BCUT2D eigenvalue weighted by Gasteiger charge is -2.38. The molecule has 1 spiro atoms. The summed E-state index contributed by atoms with van der Waals surface area (Å²) in [7, 11) is 0. The molecule has 0 bridgehead atoms. The number of hydrogen-bond donors (Lipinski definition) is 1. The van der Waals surface area contributed by atoms with Gasteiger partial charge in [0.1, 0.15) is 0 Å². The maximum Gasteiger partial charge on any atom is 0.193 e. The van der Waals surface area contributed by atoms with Gasteiger partial charge in [-0.25, -0.2) is 0 Å². The summed E-state index contributed by atoms with van der Waals surface area (Å²) >= 11 is 0. The minimum absolute atomic E-state index is 0. The highest BCUT2D eigenvalue weighted by Crippen LogP contribution is 2.47. The van der Waals surface area contributed by atoms with Crippen LogP contribution in [0.25, 0.3) is 0 Å². The molecule has 0 amide bonds. The Balaban J connectivity index is 0.00000192. The van der Waals surface area contributed by atoms with Gasteiger partial charge in [-0.2, -0.15) is 5.10 Å². The lowest BCUT2D eigenvalue weighted by Crippen LogP contribution is -2.42. The molecule has 130 valence electrons. The van der Waals surface area contributed by atoms with Crippen LogP contribution >= 0.6 is 24.0 Å². The van der Waals surface area contributed by atoms with Gasteiger partial charge < -0.3 is 10.2 Å². The Hall–Kier alpha value is -0.790. The fourth-order valence-corrected chi connectivity index (χ4v) is 3.63. The van der Waals surface area contributed by atoms with Crippen molar-refractivity contribution in [2.45, 2.75) is 52.5 Å². The van der Waals surface area contributed by atoms with Crippen molar-refractivity contribution in [3.05, 3.63) is 18.0 Å². The molecule has 0 unspecified atom stereocenters. The van der Waals surface area contributed by atoms with E-state index in [4.69, 9.17) is 4.99 Å². The highest BCUT2D eigenvalue weighted by atomic mass is 127. The summed E-state index contributed by atoms with van der Waals surface area (Å²) < 4.78 is 2.01. The summed E-state index contributed by atoms with van der Waals surface area (Å²) in [5.41, 5.74) is 1.85. The standard InChI is InChI=1S/C17H29N5.HI/c1-3-18-16(21-11-8-17(14-21)6-4-7-17)19-9-5-10-22-13-15(2)12-20-22;/h12-13H,3-11,14H2,1-2H3,(H,18,19);1H. The number of nitrogens with one attached hydrogen (secondary N) is 1. The fourth-order valence-electron chi connectivity index (χ4n) is 3.63. The van der Waals surface area contributed by atoms with Crippen molar-refractivity contribution in [3.63, 3.8) is 0 Å². The monoisotopic (exact) mass is 431 g/mol. The van der Waals surface area contributed by atoms with Gasteiger partial charge in [-0.3, -0.25) is 9.67 Å². The molecule has 1 aromatic rings. The quantitative estimate of drug-likeness (QED) is 0.338. The zero-order valence-electron chi connectivity index (χ0n) is 14.4. The summed E-state index contributed by atoms with van der Waals surface area (Å²) in [6.07, 6.45) is 10.7. The number of halogens is 1. The largest absolute Gasteiger partial charge is 0.357 e. The Labute approximate surface area is 156 Å². The molecule has 1 N–H and O–H groups in total. The van der Waals surface area contributed by atoms with Crippen LogP contribution < -0.4 is 5.32 Å². The summed E-state index contributed by atoms with van der Waals surface area (Å²) in [5.74, 6) is 1.11. The Kier molecular flexibility index (Phi) is 6.73. The molecule has 6 heteroatoms. The summed E-state index contributed by atoms with van der Waals surface area (Å²) in [5, 5.41) is 7.79. The second-order valence-corrected chi connectivity index (χ2v) is 6.90. The van der Waals surface area contributed by atoms with Crippen molar-refractivity contribution in [1.29, 1.82) is 0 Å². The van der Waals surface area contributed by atoms with Crippen molar-refractivity contribution in [2.24, 2.45) is 10.4 Å². The van der Waals surface area contributed by atoms with Crippen molar-refractivity contribution >= 4 is 29.9 Å². The number of aromatic nitrogens is 2. The van der Waals surface area contributed by atoms with E-state index in [-0.39, 0.29) is 24.0 Å². The average Bonchev–Trinajstić information content (AvgIpc) is 3.08. The van der Waals surface area contributed by atoms with E-state index in [1.54, 1.807) is 0 Å². The SMILES string of the molecule is CCNC(=NCCCn1cc(C)cn1)N1CCC2(CCC2)C1.I. The number of hydrogen-bond acceptors (Lipinski definition) is 2. The molecule has 0 aromatic carbocycles. The molecule has 1 saturated heterocycles. The second kappa shape index (κ2) is 8.35. The molecule has 5 nitrogen and oxygen atoms in total. The van der Waals surface area contributed by atoms with Gasteiger partial charge in [0.25, 0.3) is 0 Å². The van der Waals surface area contributed by atoms with E-state index in [1.807, 2.05) is 10.9 Å². The van der Waals surface area contributed by atoms with Gasteiger partial charge in [0.2, 0.25) is 0 Å². The molecule has 2 aliphatic rings. The van der Waals surface area contributed by atoms with E-state index < -0.39 is 0 Å². The Morgan fingerprint density at radius 3 is 2.78 bits per heavy atom. The predicted molar refractivity (Wildman–Crippen MR) is 105 cm³/mol. The average molecular weight is 431 g/mol. The minimum atomic E-state index is 0. The number of rotatable bonds is 5. The molecule has 1 aliphatic heterocycles. The molecule has 3 rings (SSSR count). The number of aliphatic imine (C=N–C) groups is 1. The van der Waals surface area contributed by atoms with Crippen LogP contribution in [0.2, 0.25) is 0 Å². The smallest absolute Gasteiger partial charge is 0.193 e. The molecular formula is C17H30IN5. The van der Waals surface area contributed by atoms with Crippen molar-refractivity contribution < 1.29 is 0 Å². The minimum Gasteiger partial charge on any atom is -0.357 e. The van der Waals surface area contributed by atoms with Gasteiger partial charge in [-0.1, -0.05) is 6.42 Å². The molecule has 1 aromatic heterocycles. The van der Waals surface area contributed by atoms with Crippen LogP contribution in [0, 0.1) is 12.3 Å². The van der Waals surface area contributed by atoms with E-state index in [0.717, 1.165) is 32.0 Å². The first-order valence-electron chi connectivity index (χ1n) is 8.73. The van der Waals surface area contributed by atoms with Gasteiger partial charge in [0, 0.05) is 38.9 Å². The highest BCUT2D eigenvalue weighted by Gasteiger charge is 2.43. The third-order valence-electron chi connectivity index (χ3n) is 5.06. The van der Waals surface area contributed by atoms with Crippen LogP contribution in [0.4, 0.5) is 0 Å². The highest BCUT2D eigenvalue weighted by molar-refractivity contribution is 14.0. The maximum absolute atomic E-state index is 4.83. The molecule has 1 saturated carbocycles. The number of guanidine groups is 1. The first-order chi connectivity index (χ1) is 10.7. The van der Waals surface area contributed by atoms with Crippen LogP contribution in [0.15, 0.2) is 17.4 Å². The zero-order chi connectivity index (χ0) is 15.4. The number of aryl methyl sites for hydroxylation is 2. The molecule has 0 atom stereocenters. The lowest BCUT2D eigenvalue weighted by atomic mass is 9.68. The van der Waals surface area contributed by atoms with Crippen LogP contribution in [-0.2, 0) is 6.54 Å². The van der Waals surface area contributed by atoms with E-state index in [2.05, 4.69) is 35.4 Å². The predicted octanol–water partition coefficient (Wildman–Crippen LogP) is 3.04. The third kappa shape index (κ3) is 4.61. The third-order valence-corrected chi connectivity index (χ3v) is 5.06. The van der Waals surface area contributed by atoms with E-state index >= 15 is 0 Å². The van der Waals surface area contributed by atoms with Crippen LogP contribution in [-0.4, -0.2) is 46.8 Å². The fraction of sp³-hybridized carbons (Fsp3) is 0.765. The summed E-state index contributed by atoms with van der Waals surface area (Å²) in [6.45, 7) is 9.36. The first kappa shape index (κ1) is 18.5. The normalized spacial score (nSPS) is 19.6. The van der Waals surface area contributed by atoms with E-state index in [0.29, 0.717) is 5.41 Å². The summed E-state index contributed by atoms with van der Waals surface area (Å²) in [6, 6.07) is 0. The molecule has 2 fully saturated rings. The van der Waals surface area contributed by atoms with Gasteiger partial charge in [0.15, 0.2) is 5.96 Å². The molecule has 0 radical (unpaired) electrons. The van der Waals surface area contributed by atoms with Gasteiger partial charge in [-0.15, -0.1) is 24.0 Å². The molecule has 23 heavy (non-hydrogen) atoms. The van der Waals surface area contributed by atoms with Crippen LogP contribution in [0.5, 0.6) is 0 Å². The molecular weight excluding hydrogens is 401 g/mol. The topological polar surface area (TPSA) is 45.5 Å². The Morgan fingerprint density at radius 2 is 2.22 bits per heavy atom. The van der Waals surface area contributed by atoms with Gasteiger partial charge in [0.05, 0.1) is 6.20 Å².